The van der Waals surface area contributed by atoms with Crippen LogP contribution in [0.5, 0.6) is 5.75 Å². The molecule has 0 radical (unpaired) electrons. The Balaban J connectivity index is 1.63. The summed E-state index contributed by atoms with van der Waals surface area (Å²) in [6.07, 6.45) is 0.883. The summed E-state index contributed by atoms with van der Waals surface area (Å²) in [5.41, 5.74) is 2.41. The van der Waals surface area contributed by atoms with Gasteiger partial charge in [-0.1, -0.05) is 31.2 Å². The van der Waals surface area contributed by atoms with Crippen LogP contribution < -0.4 is 20.7 Å². The van der Waals surface area contributed by atoms with E-state index in [1.54, 1.807) is 18.2 Å². The lowest BCUT2D eigenvalue weighted by Crippen LogP contribution is -2.47. The van der Waals surface area contributed by atoms with Crippen molar-refractivity contribution < 1.29 is 14.3 Å². The number of para-hydroxylation sites is 2. The minimum Gasteiger partial charge on any atom is -0.489 e. The molecular weight excluding hydrogens is 306 g/mol. The van der Waals surface area contributed by atoms with Crippen molar-refractivity contribution in [2.45, 2.75) is 19.4 Å². The van der Waals surface area contributed by atoms with Gasteiger partial charge in [-0.25, -0.2) is 4.79 Å². The average Bonchev–Trinajstić information content (AvgIpc) is 2.74. The average molecular weight is 325 g/mol. The number of urea groups is 1. The number of carbonyl (C=O) groups excluding carboxylic acids is 2. The summed E-state index contributed by atoms with van der Waals surface area (Å²) < 4.78 is 5.59. The Hall–Kier alpha value is -3.02. The first-order valence-electron chi connectivity index (χ1n) is 7.85. The van der Waals surface area contributed by atoms with Crippen molar-refractivity contribution >= 4 is 23.3 Å². The second-order valence-corrected chi connectivity index (χ2v) is 5.50. The van der Waals surface area contributed by atoms with Crippen molar-refractivity contribution in [3.63, 3.8) is 0 Å². The Bertz CT molecular complexity index is 761. The molecule has 6 heteroatoms. The van der Waals surface area contributed by atoms with Crippen LogP contribution in [0, 0.1) is 0 Å². The van der Waals surface area contributed by atoms with Crippen LogP contribution in [0.25, 0.3) is 0 Å². The normalized spacial score (nSPS) is 16.2. The zero-order valence-electron chi connectivity index (χ0n) is 13.3. The van der Waals surface area contributed by atoms with Crippen molar-refractivity contribution in [2.75, 3.05) is 17.2 Å². The summed E-state index contributed by atoms with van der Waals surface area (Å²) in [5.74, 6) is 0.281. The van der Waals surface area contributed by atoms with Crippen LogP contribution in [-0.2, 0) is 11.2 Å². The van der Waals surface area contributed by atoms with Gasteiger partial charge in [0.2, 0.25) is 0 Å². The van der Waals surface area contributed by atoms with E-state index in [1.165, 1.54) is 0 Å². The summed E-state index contributed by atoms with van der Waals surface area (Å²) in [7, 11) is 0. The lowest BCUT2D eigenvalue weighted by atomic mass is 10.1. The molecule has 0 aromatic heterocycles. The van der Waals surface area contributed by atoms with Crippen LogP contribution in [0.4, 0.5) is 16.2 Å². The molecule has 0 bridgehead atoms. The van der Waals surface area contributed by atoms with Crippen LogP contribution in [0.15, 0.2) is 48.5 Å². The number of aryl methyl sites for hydroxylation is 1. The first-order valence-corrected chi connectivity index (χ1v) is 7.85. The molecule has 1 atom stereocenters. The van der Waals surface area contributed by atoms with Gasteiger partial charge in [0, 0.05) is 5.69 Å². The van der Waals surface area contributed by atoms with E-state index in [2.05, 4.69) is 16.0 Å². The molecule has 1 aliphatic rings. The number of amides is 3. The molecule has 3 N–H and O–H groups in total. The van der Waals surface area contributed by atoms with Crippen LogP contribution >= 0.6 is 0 Å². The molecule has 2 aromatic carbocycles. The number of carbonyl (C=O) groups is 2. The van der Waals surface area contributed by atoms with Crippen molar-refractivity contribution in [3.8, 4) is 5.75 Å². The molecule has 0 unspecified atom stereocenters. The van der Waals surface area contributed by atoms with Crippen LogP contribution in [0.3, 0.4) is 0 Å². The molecule has 124 valence electrons. The van der Waals surface area contributed by atoms with E-state index < -0.39 is 12.1 Å². The Morgan fingerprint density at radius 1 is 1.25 bits per heavy atom. The Kier molecular flexibility index (Phi) is 4.65. The monoisotopic (exact) mass is 325 g/mol. The Morgan fingerprint density at radius 2 is 2.08 bits per heavy atom. The number of hydrogen-bond donors (Lipinski definition) is 3. The molecular formula is C18H19N3O3. The zero-order valence-corrected chi connectivity index (χ0v) is 13.3. The third-order valence-electron chi connectivity index (χ3n) is 3.77. The molecule has 0 saturated carbocycles. The summed E-state index contributed by atoms with van der Waals surface area (Å²) in [6.45, 7) is 2.12. The van der Waals surface area contributed by atoms with E-state index in [9.17, 15) is 9.59 Å². The molecule has 6 nitrogen and oxygen atoms in total. The van der Waals surface area contributed by atoms with Gasteiger partial charge in [-0.15, -0.1) is 0 Å². The van der Waals surface area contributed by atoms with Gasteiger partial charge in [0.25, 0.3) is 5.91 Å². The van der Waals surface area contributed by atoms with Crippen molar-refractivity contribution in [3.05, 3.63) is 54.1 Å². The molecule has 0 saturated heterocycles. The Morgan fingerprint density at radius 3 is 2.92 bits per heavy atom. The topological polar surface area (TPSA) is 79.5 Å². The minimum atomic E-state index is -0.772. The number of fused-ring (bicyclic) bond motifs is 1. The molecule has 2 aromatic rings. The van der Waals surface area contributed by atoms with E-state index >= 15 is 0 Å². The second-order valence-electron chi connectivity index (χ2n) is 5.50. The highest BCUT2D eigenvalue weighted by Gasteiger charge is 2.26. The largest absolute Gasteiger partial charge is 0.489 e. The van der Waals surface area contributed by atoms with Gasteiger partial charge < -0.3 is 20.7 Å². The first kappa shape index (κ1) is 15.9. The molecule has 3 amide bonds. The molecule has 3 rings (SSSR count). The van der Waals surface area contributed by atoms with Gasteiger partial charge in [0.1, 0.15) is 18.4 Å². The maximum absolute atomic E-state index is 12.2. The standard InChI is InChI=1S/C18H19N3O3/c1-2-12-6-5-7-13(10-12)19-18(23)21-15-11-24-16-9-4-3-8-14(16)20-17(15)22/h3-10,15H,2,11H2,1H3,(H,20,22)(H2,19,21,23)/t15-/m1/s1. The number of ether oxygens (including phenoxy) is 1. The van der Waals surface area contributed by atoms with Gasteiger partial charge in [-0.2, -0.15) is 0 Å². The third kappa shape index (κ3) is 3.65. The summed E-state index contributed by atoms with van der Waals surface area (Å²) >= 11 is 0. The zero-order chi connectivity index (χ0) is 16.9. The van der Waals surface area contributed by atoms with Crippen LogP contribution in [-0.4, -0.2) is 24.6 Å². The number of nitrogens with one attached hydrogen (secondary N) is 3. The maximum Gasteiger partial charge on any atom is 0.320 e. The lowest BCUT2D eigenvalue weighted by Gasteiger charge is -2.15. The minimum absolute atomic E-state index is 0.0747. The van der Waals surface area contributed by atoms with Gasteiger partial charge in [-0.3, -0.25) is 4.79 Å². The molecule has 0 spiro atoms. The van der Waals surface area contributed by atoms with Gasteiger partial charge in [0.15, 0.2) is 0 Å². The number of rotatable bonds is 3. The number of anilines is 2. The highest BCUT2D eigenvalue weighted by atomic mass is 16.5. The highest BCUT2D eigenvalue weighted by molar-refractivity contribution is 6.00. The van der Waals surface area contributed by atoms with E-state index in [1.807, 2.05) is 37.3 Å². The van der Waals surface area contributed by atoms with E-state index in [0.717, 1.165) is 12.0 Å². The molecule has 0 fully saturated rings. The summed E-state index contributed by atoms with van der Waals surface area (Å²) in [6, 6.07) is 13.5. The van der Waals surface area contributed by atoms with E-state index in [-0.39, 0.29) is 12.5 Å². The summed E-state index contributed by atoms with van der Waals surface area (Å²) in [5, 5.41) is 8.14. The van der Waals surface area contributed by atoms with E-state index in [4.69, 9.17) is 4.74 Å². The fourth-order valence-electron chi connectivity index (χ4n) is 2.47. The van der Waals surface area contributed by atoms with Gasteiger partial charge in [-0.05, 0) is 36.2 Å². The van der Waals surface area contributed by atoms with Crippen molar-refractivity contribution in [2.24, 2.45) is 0 Å². The quantitative estimate of drug-likeness (QED) is 0.812. The predicted octanol–water partition coefficient (Wildman–Crippen LogP) is 2.77. The fourth-order valence-corrected chi connectivity index (χ4v) is 2.47. The predicted molar refractivity (Wildman–Crippen MR) is 92.3 cm³/mol. The lowest BCUT2D eigenvalue weighted by molar-refractivity contribution is -0.118. The molecule has 1 aliphatic heterocycles. The van der Waals surface area contributed by atoms with Gasteiger partial charge >= 0.3 is 6.03 Å². The SMILES string of the molecule is CCc1cccc(NC(=O)N[C@@H]2COc3ccccc3NC2=O)c1. The third-order valence-corrected chi connectivity index (χ3v) is 3.77. The highest BCUT2D eigenvalue weighted by Crippen LogP contribution is 2.26. The van der Waals surface area contributed by atoms with Crippen molar-refractivity contribution in [1.82, 2.24) is 5.32 Å². The fraction of sp³-hybridized carbons (Fsp3) is 0.222. The second kappa shape index (κ2) is 7.04. The maximum atomic E-state index is 12.2. The molecule has 1 heterocycles. The van der Waals surface area contributed by atoms with Crippen molar-refractivity contribution in [1.29, 1.82) is 0 Å². The van der Waals surface area contributed by atoms with E-state index in [0.29, 0.717) is 17.1 Å². The first-order chi connectivity index (χ1) is 11.7. The smallest absolute Gasteiger partial charge is 0.320 e. The summed E-state index contributed by atoms with van der Waals surface area (Å²) in [4.78, 5) is 24.4. The Labute approximate surface area is 140 Å². The van der Waals surface area contributed by atoms with Gasteiger partial charge in [0.05, 0.1) is 5.69 Å². The number of hydrogen-bond acceptors (Lipinski definition) is 3. The molecule has 24 heavy (non-hydrogen) atoms. The van der Waals surface area contributed by atoms with Crippen LogP contribution in [0.2, 0.25) is 0 Å². The molecule has 0 aliphatic carbocycles. The number of benzene rings is 2. The van der Waals surface area contributed by atoms with Crippen LogP contribution in [0.1, 0.15) is 12.5 Å².